The largest absolute Gasteiger partial charge is 0.373 e. The molecule has 0 amide bonds. The molecule has 1 aromatic carbocycles. The Labute approximate surface area is 99.6 Å². The molecule has 4 heteroatoms. The van der Waals surface area contributed by atoms with Gasteiger partial charge >= 0.3 is 0 Å². The first-order valence-electron chi connectivity index (χ1n) is 5.56. The zero-order valence-electron chi connectivity index (χ0n) is 10.0. The van der Waals surface area contributed by atoms with Crippen molar-refractivity contribution in [2.24, 2.45) is 5.92 Å². The third kappa shape index (κ3) is 4.61. The summed E-state index contributed by atoms with van der Waals surface area (Å²) in [6.07, 6.45) is 0.866. The molecule has 2 nitrogen and oxygen atoms in total. The van der Waals surface area contributed by atoms with Gasteiger partial charge in [-0.1, -0.05) is 13.8 Å². The standard InChI is InChI=1S/C13H16F2O2/c1-9(2)5-6-17-8-13(16)10-3-4-11(14)12(15)7-10/h3-4,7,9H,5-6,8H2,1-2H3. The van der Waals surface area contributed by atoms with Gasteiger partial charge in [0.1, 0.15) is 6.61 Å². The number of halogens is 2. The molecular weight excluding hydrogens is 226 g/mol. The van der Waals surface area contributed by atoms with Gasteiger partial charge in [-0.25, -0.2) is 8.78 Å². The fourth-order valence-corrected chi connectivity index (χ4v) is 1.24. The average Bonchev–Trinajstić information content (AvgIpc) is 2.27. The van der Waals surface area contributed by atoms with Gasteiger partial charge in [0.25, 0.3) is 0 Å². The van der Waals surface area contributed by atoms with Crippen LogP contribution in [0.5, 0.6) is 0 Å². The molecule has 1 aromatic rings. The van der Waals surface area contributed by atoms with Crippen LogP contribution in [0.4, 0.5) is 8.78 Å². The zero-order chi connectivity index (χ0) is 12.8. The van der Waals surface area contributed by atoms with Gasteiger partial charge in [0.05, 0.1) is 0 Å². The van der Waals surface area contributed by atoms with E-state index in [0.717, 1.165) is 18.6 Å². The summed E-state index contributed by atoms with van der Waals surface area (Å²) in [5.41, 5.74) is 0.133. The van der Waals surface area contributed by atoms with Crippen LogP contribution < -0.4 is 0 Å². The highest BCUT2D eigenvalue weighted by molar-refractivity contribution is 5.97. The van der Waals surface area contributed by atoms with E-state index in [4.69, 9.17) is 4.74 Å². The summed E-state index contributed by atoms with van der Waals surface area (Å²) >= 11 is 0. The first-order valence-corrected chi connectivity index (χ1v) is 5.56. The maximum Gasteiger partial charge on any atom is 0.188 e. The van der Waals surface area contributed by atoms with E-state index in [1.807, 2.05) is 0 Å². The van der Waals surface area contributed by atoms with E-state index >= 15 is 0 Å². The highest BCUT2D eigenvalue weighted by Gasteiger charge is 2.09. The molecule has 0 aromatic heterocycles. The van der Waals surface area contributed by atoms with Gasteiger partial charge in [-0.2, -0.15) is 0 Å². The maximum absolute atomic E-state index is 12.9. The van der Waals surface area contributed by atoms with Crippen LogP contribution >= 0.6 is 0 Å². The lowest BCUT2D eigenvalue weighted by atomic mass is 10.1. The Morgan fingerprint density at radius 1 is 1.29 bits per heavy atom. The second-order valence-electron chi connectivity index (χ2n) is 4.29. The third-order valence-corrected chi connectivity index (χ3v) is 2.31. The van der Waals surface area contributed by atoms with Crippen LogP contribution in [0, 0.1) is 17.6 Å². The van der Waals surface area contributed by atoms with Gasteiger partial charge in [-0.15, -0.1) is 0 Å². The van der Waals surface area contributed by atoms with E-state index in [2.05, 4.69) is 13.8 Å². The van der Waals surface area contributed by atoms with Gasteiger partial charge < -0.3 is 4.74 Å². The fourth-order valence-electron chi connectivity index (χ4n) is 1.24. The Morgan fingerprint density at radius 2 is 2.00 bits per heavy atom. The predicted octanol–water partition coefficient (Wildman–Crippen LogP) is 3.21. The summed E-state index contributed by atoms with van der Waals surface area (Å²) in [6.45, 7) is 4.51. The fraction of sp³-hybridized carbons (Fsp3) is 0.462. The molecule has 0 atom stereocenters. The molecule has 0 aliphatic rings. The van der Waals surface area contributed by atoms with Crippen molar-refractivity contribution in [2.45, 2.75) is 20.3 Å². The molecule has 0 spiro atoms. The first-order chi connectivity index (χ1) is 8.00. The highest BCUT2D eigenvalue weighted by Crippen LogP contribution is 2.09. The van der Waals surface area contributed by atoms with Crippen LogP contribution in [-0.4, -0.2) is 19.0 Å². The lowest BCUT2D eigenvalue weighted by molar-refractivity contribution is 0.0739. The van der Waals surface area contributed by atoms with Gasteiger partial charge in [-0.3, -0.25) is 4.79 Å². The minimum absolute atomic E-state index is 0.0994. The molecule has 0 bridgehead atoms. The summed E-state index contributed by atoms with van der Waals surface area (Å²) in [6, 6.07) is 3.09. The van der Waals surface area contributed by atoms with Crippen LogP contribution in [-0.2, 0) is 4.74 Å². The molecule has 17 heavy (non-hydrogen) atoms. The van der Waals surface area contributed by atoms with E-state index < -0.39 is 11.6 Å². The van der Waals surface area contributed by atoms with E-state index in [1.165, 1.54) is 6.07 Å². The molecule has 0 saturated carbocycles. The summed E-state index contributed by atoms with van der Waals surface area (Å²) < 4.78 is 30.7. The second-order valence-corrected chi connectivity index (χ2v) is 4.29. The van der Waals surface area contributed by atoms with Gasteiger partial charge in [-0.05, 0) is 30.5 Å². The van der Waals surface area contributed by atoms with Crippen molar-refractivity contribution >= 4 is 5.78 Å². The number of rotatable bonds is 6. The maximum atomic E-state index is 12.9. The van der Waals surface area contributed by atoms with Crippen molar-refractivity contribution in [3.05, 3.63) is 35.4 Å². The molecule has 94 valence electrons. The van der Waals surface area contributed by atoms with Crippen molar-refractivity contribution in [2.75, 3.05) is 13.2 Å². The smallest absolute Gasteiger partial charge is 0.188 e. The van der Waals surface area contributed by atoms with Gasteiger partial charge in [0.2, 0.25) is 0 Å². The number of carbonyl (C=O) groups is 1. The minimum atomic E-state index is -1.02. The lowest BCUT2D eigenvalue weighted by Gasteiger charge is -2.06. The van der Waals surface area contributed by atoms with Crippen LogP contribution in [0.1, 0.15) is 30.6 Å². The molecule has 0 radical (unpaired) electrons. The zero-order valence-corrected chi connectivity index (χ0v) is 10.0. The van der Waals surface area contributed by atoms with E-state index in [0.29, 0.717) is 12.5 Å². The Bertz CT molecular complexity index is 389. The number of hydrogen-bond acceptors (Lipinski definition) is 2. The van der Waals surface area contributed by atoms with Crippen LogP contribution in [0.3, 0.4) is 0 Å². The first kappa shape index (κ1) is 13.8. The Balaban J connectivity index is 2.44. The number of Topliss-reactive ketones (excluding diaryl/α,β-unsaturated/α-hetero) is 1. The number of benzene rings is 1. The van der Waals surface area contributed by atoms with Crippen molar-refractivity contribution in [3.63, 3.8) is 0 Å². The van der Waals surface area contributed by atoms with Crippen LogP contribution in [0.2, 0.25) is 0 Å². The Hall–Kier alpha value is -1.29. The minimum Gasteiger partial charge on any atom is -0.373 e. The summed E-state index contributed by atoms with van der Waals surface area (Å²) in [5.74, 6) is -1.80. The molecule has 0 saturated heterocycles. The van der Waals surface area contributed by atoms with Gasteiger partial charge in [0, 0.05) is 12.2 Å². The summed E-state index contributed by atoms with van der Waals surface area (Å²) in [7, 11) is 0. The Kier molecular flexibility index (Phi) is 5.22. The average molecular weight is 242 g/mol. The second kappa shape index (κ2) is 6.45. The molecule has 1 rings (SSSR count). The number of ketones is 1. The summed E-state index contributed by atoms with van der Waals surface area (Å²) in [5, 5.41) is 0. The normalized spacial score (nSPS) is 10.9. The van der Waals surface area contributed by atoms with E-state index in [9.17, 15) is 13.6 Å². The van der Waals surface area contributed by atoms with Crippen LogP contribution in [0.25, 0.3) is 0 Å². The topological polar surface area (TPSA) is 26.3 Å². The van der Waals surface area contributed by atoms with Crippen molar-refractivity contribution in [3.8, 4) is 0 Å². The van der Waals surface area contributed by atoms with Crippen LogP contribution in [0.15, 0.2) is 18.2 Å². The van der Waals surface area contributed by atoms with Crippen molar-refractivity contribution in [1.29, 1.82) is 0 Å². The van der Waals surface area contributed by atoms with Gasteiger partial charge in [0.15, 0.2) is 17.4 Å². The number of ether oxygens (including phenoxy) is 1. The number of hydrogen-bond donors (Lipinski definition) is 0. The highest BCUT2D eigenvalue weighted by atomic mass is 19.2. The molecule has 0 fully saturated rings. The molecule has 0 aliphatic carbocycles. The monoisotopic (exact) mass is 242 g/mol. The third-order valence-electron chi connectivity index (χ3n) is 2.31. The molecule has 0 heterocycles. The summed E-state index contributed by atoms with van der Waals surface area (Å²) in [4.78, 5) is 11.5. The quantitative estimate of drug-likeness (QED) is 0.565. The molecular formula is C13H16F2O2. The van der Waals surface area contributed by atoms with E-state index in [1.54, 1.807) is 0 Å². The predicted molar refractivity (Wildman–Crippen MR) is 61.0 cm³/mol. The number of carbonyl (C=O) groups excluding carboxylic acids is 1. The van der Waals surface area contributed by atoms with Crippen molar-refractivity contribution < 1.29 is 18.3 Å². The molecule has 0 unspecified atom stereocenters. The Morgan fingerprint density at radius 3 is 2.59 bits per heavy atom. The SMILES string of the molecule is CC(C)CCOCC(=O)c1ccc(F)c(F)c1. The molecule has 0 N–H and O–H groups in total. The van der Waals surface area contributed by atoms with Crippen molar-refractivity contribution in [1.82, 2.24) is 0 Å². The molecule has 0 aliphatic heterocycles. The lowest BCUT2D eigenvalue weighted by Crippen LogP contribution is -2.11. The van der Waals surface area contributed by atoms with E-state index in [-0.39, 0.29) is 18.0 Å².